The highest BCUT2D eigenvalue weighted by atomic mass is 33.5. The number of anilines is 2. The molecule has 7 heteroatoms. The fraction of sp³-hybridized carbons (Fsp3) is 0.176. The van der Waals surface area contributed by atoms with Gasteiger partial charge in [0.25, 0.3) is 0 Å². The van der Waals surface area contributed by atoms with E-state index in [1.807, 2.05) is 30.5 Å². The zero-order valence-corrected chi connectivity index (χ0v) is 16.0. The van der Waals surface area contributed by atoms with Crippen LogP contribution in [0.5, 0.6) is 0 Å². The number of aryl methyl sites for hydroxylation is 1. The van der Waals surface area contributed by atoms with Gasteiger partial charge in [-0.05, 0) is 60.7 Å². The number of amides is 2. The quantitative estimate of drug-likeness (QED) is 0.434. The minimum absolute atomic E-state index is 0.332. The Morgan fingerprint density at radius 3 is 2.25 bits per heavy atom. The Balaban J connectivity index is 2.10. The van der Waals surface area contributed by atoms with Gasteiger partial charge in [-0.3, -0.25) is 0 Å². The Kier molecular flexibility index (Phi) is 6.10. The second-order valence-electron chi connectivity index (χ2n) is 5.28. The minimum Gasteiger partial charge on any atom is -0.308 e. The van der Waals surface area contributed by atoms with Crippen LogP contribution < -0.4 is 10.6 Å². The summed E-state index contributed by atoms with van der Waals surface area (Å²) in [4.78, 5) is 13.2. The number of urea groups is 1. The van der Waals surface area contributed by atoms with E-state index >= 15 is 0 Å². The van der Waals surface area contributed by atoms with Crippen molar-refractivity contribution in [1.29, 1.82) is 5.26 Å². The molecule has 2 N–H and O–H groups in total. The Morgan fingerprint density at radius 2 is 1.71 bits per heavy atom. The molecule has 0 atom stereocenters. The summed E-state index contributed by atoms with van der Waals surface area (Å²) in [7, 11) is -1.41. The first kappa shape index (κ1) is 18.6. The summed E-state index contributed by atoms with van der Waals surface area (Å²) >= 11 is 9.16. The highest BCUT2D eigenvalue weighted by Crippen LogP contribution is 2.62. The summed E-state index contributed by atoms with van der Waals surface area (Å²) in [6.07, 6.45) is 2.84. The number of nitrogens with zero attached hydrogens (tertiary/aromatic N) is 1. The lowest BCUT2D eigenvalue weighted by molar-refractivity contribution is 0.262. The van der Waals surface area contributed by atoms with Gasteiger partial charge in [0.2, 0.25) is 0 Å². The number of nitrogens with one attached hydrogen (secondary N) is 2. The monoisotopic (exact) mass is 377 g/mol. The van der Waals surface area contributed by atoms with Gasteiger partial charge in [-0.2, -0.15) is 5.26 Å². The average molecular weight is 378 g/mol. The SMILES string of the molecule is CCc1cc(NC(=O)Nc2ccc(C#N)cc2)ccc1S(C)(S)S. The molecule has 0 heterocycles. The molecule has 0 fully saturated rings. The van der Waals surface area contributed by atoms with Gasteiger partial charge in [0, 0.05) is 16.3 Å². The fourth-order valence-corrected chi connectivity index (χ4v) is 4.33. The first-order valence-corrected chi connectivity index (χ1v) is 11.4. The molecule has 0 aliphatic rings. The van der Waals surface area contributed by atoms with Crippen molar-refractivity contribution in [2.45, 2.75) is 18.2 Å². The number of nitriles is 1. The molecule has 4 nitrogen and oxygen atoms in total. The van der Waals surface area contributed by atoms with Gasteiger partial charge in [0.15, 0.2) is 0 Å². The standard InChI is InChI=1S/C17H19N3OS3/c1-3-13-10-15(8-9-16(13)24(2,22)23)20-17(21)19-14-6-4-12(11-18)5-7-14/h4-10,22-23H,3H2,1-2H3,(H2,19,20,21). The Bertz CT molecular complexity index is 777. The van der Waals surface area contributed by atoms with Gasteiger partial charge >= 0.3 is 6.03 Å². The molecule has 2 rings (SSSR count). The molecule has 2 aromatic carbocycles. The molecule has 0 saturated heterocycles. The van der Waals surface area contributed by atoms with Crippen LogP contribution in [0.15, 0.2) is 47.4 Å². The van der Waals surface area contributed by atoms with Gasteiger partial charge in [0.05, 0.1) is 11.6 Å². The van der Waals surface area contributed by atoms with E-state index in [4.69, 9.17) is 5.26 Å². The third kappa shape index (κ3) is 4.87. The molecule has 0 unspecified atom stereocenters. The van der Waals surface area contributed by atoms with Crippen LogP contribution in [-0.4, -0.2) is 12.3 Å². The normalized spacial score (nSPS) is 11.5. The molecule has 0 radical (unpaired) electrons. The first-order chi connectivity index (χ1) is 11.3. The maximum Gasteiger partial charge on any atom is 0.323 e. The van der Waals surface area contributed by atoms with Crippen LogP contribution in [0, 0.1) is 11.3 Å². The van der Waals surface area contributed by atoms with Crippen LogP contribution in [0.25, 0.3) is 0 Å². The number of hydrogen-bond donors (Lipinski definition) is 4. The van der Waals surface area contributed by atoms with E-state index in [1.54, 1.807) is 24.3 Å². The summed E-state index contributed by atoms with van der Waals surface area (Å²) in [5, 5.41) is 14.3. The number of hydrogen-bond acceptors (Lipinski definition) is 4. The lowest BCUT2D eigenvalue weighted by Gasteiger charge is -2.26. The fourth-order valence-electron chi connectivity index (χ4n) is 2.23. The van der Waals surface area contributed by atoms with E-state index in [1.165, 1.54) is 0 Å². The van der Waals surface area contributed by atoms with Gasteiger partial charge < -0.3 is 10.6 Å². The summed E-state index contributed by atoms with van der Waals surface area (Å²) in [5.74, 6) is 0. The summed E-state index contributed by atoms with van der Waals surface area (Å²) in [6.45, 7) is 2.06. The van der Waals surface area contributed by atoms with Crippen LogP contribution in [0.3, 0.4) is 0 Å². The third-order valence-corrected chi connectivity index (χ3v) is 5.80. The van der Waals surface area contributed by atoms with Crippen LogP contribution in [0.2, 0.25) is 0 Å². The molecular weight excluding hydrogens is 358 g/mol. The van der Waals surface area contributed by atoms with E-state index in [9.17, 15) is 4.79 Å². The van der Waals surface area contributed by atoms with Crippen molar-refractivity contribution in [2.75, 3.05) is 16.9 Å². The number of carbonyl (C=O) groups excluding carboxylic acids is 1. The zero-order chi connectivity index (χ0) is 17.7. The van der Waals surface area contributed by atoms with Crippen LogP contribution in [-0.2, 0) is 6.42 Å². The number of benzene rings is 2. The number of rotatable bonds is 4. The lowest BCUT2D eigenvalue weighted by atomic mass is 10.1. The molecule has 0 aliphatic carbocycles. The summed E-state index contributed by atoms with van der Waals surface area (Å²) < 4.78 is 0. The molecule has 126 valence electrons. The number of thiol groups is 2. The number of carbonyl (C=O) groups is 1. The highest BCUT2D eigenvalue weighted by Gasteiger charge is 2.15. The molecule has 0 spiro atoms. The van der Waals surface area contributed by atoms with Crippen molar-refractivity contribution < 1.29 is 4.79 Å². The summed E-state index contributed by atoms with van der Waals surface area (Å²) in [6, 6.07) is 14.2. The molecule has 24 heavy (non-hydrogen) atoms. The Labute approximate surface area is 153 Å². The third-order valence-electron chi connectivity index (χ3n) is 3.39. The van der Waals surface area contributed by atoms with Crippen LogP contribution in [0.4, 0.5) is 16.2 Å². The van der Waals surface area contributed by atoms with Gasteiger partial charge in [-0.1, -0.05) is 6.92 Å². The maximum atomic E-state index is 12.1. The van der Waals surface area contributed by atoms with Crippen molar-refractivity contribution in [3.63, 3.8) is 0 Å². The van der Waals surface area contributed by atoms with Gasteiger partial charge in [-0.25, -0.2) is 4.79 Å². The molecule has 0 aliphatic heterocycles. The van der Waals surface area contributed by atoms with Crippen LogP contribution in [0.1, 0.15) is 18.1 Å². The van der Waals surface area contributed by atoms with E-state index in [2.05, 4.69) is 40.9 Å². The lowest BCUT2D eigenvalue weighted by Crippen LogP contribution is -2.19. The smallest absolute Gasteiger partial charge is 0.308 e. The van der Waals surface area contributed by atoms with E-state index < -0.39 is 8.09 Å². The van der Waals surface area contributed by atoms with Crippen molar-refractivity contribution in [2.24, 2.45) is 0 Å². The average Bonchev–Trinajstić information content (AvgIpc) is 2.54. The molecule has 0 saturated carbocycles. The van der Waals surface area contributed by atoms with E-state index in [0.29, 0.717) is 16.9 Å². The zero-order valence-electron chi connectivity index (χ0n) is 13.4. The maximum absolute atomic E-state index is 12.1. The van der Waals surface area contributed by atoms with Crippen molar-refractivity contribution >= 4 is 48.8 Å². The van der Waals surface area contributed by atoms with Crippen molar-refractivity contribution in [3.05, 3.63) is 53.6 Å². The second kappa shape index (κ2) is 7.88. The first-order valence-electron chi connectivity index (χ1n) is 7.28. The molecule has 2 aromatic rings. The predicted molar refractivity (Wildman–Crippen MR) is 109 cm³/mol. The van der Waals surface area contributed by atoms with Crippen molar-refractivity contribution in [3.8, 4) is 6.07 Å². The van der Waals surface area contributed by atoms with Gasteiger partial charge in [0.1, 0.15) is 0 Å². The largest absolute Gasteiger partial charge is 0.323 e. The predicted octanol–water partition coefficient (Wildman–Crippen LogP) is 5.25. The highest BCUT2D eigenvalue weighted by molar-refractivity contribution is 9.17. The summed E-state index contributed by atoms with van der Waals surface area (Å²) in [5.41, 5.74) is 3.01. The molecular formula is C17H19N3OS3. The van der Waals surface area contributed by atoms with Crippen molar-refractivity contribution in [1.82, 2.24) is 0 Å². The van der Waals surface area contributed by atoms with E-state index in [0.717, 1.165) is 16.9 Å². The second-order valence-corrected chi connectivity index (χ2v) is 12.6. The molecule has 2 amide bonds. The Hall–Kier alpha value is -1.75. The van der Waals surface area contributed by atoms with Crippen LogP contribution >= 0.6 is 31.4 Å². The molecule has 0 bridgehead atoms. The Morgan fingerprint density at radius 1 is 1.12 bits per heavy atom. The molecule has 0 aromatic heterocycles. The minimum atomic E-state index is -1.41. The topological polar surface area (TPSA) is 64.9 Å². The van der Waals surface area contributed by atoms with E-state index in [-0.39, 0.29) is 6.03 Å². The van der Waals surface area contributed by atoms with Gasteiger partial charge in [-0.15, -0.1) is 31.4 Å².